The van der Waals surface area contributed by atoms with E-state index in [0.717, 1.165) is 11.0 Å². The van der Waals surface area contributed by atoms with Gasteiger partial charge < -0.3 is 24.4 Å². The van der Waals surface area contributed by atoms with Crippen LogP contribution >= 0.6 is 11.8 Å². The lowest BCUT2D eigenvalue weighted by Crippen LogP contribution is -2.71. The minimum atomic E-state index is -1.21. The van der Waals surface area contributed by atoms with Gasteiger partial charge in [0.05, 0.1) is 11.6 Å². The molecular weight excluding hydrogens is 480 g/mol. The molecule has 0 saturated carbocycles. The van der Waals surface area contributed by atoms with Crippen LogP contribution in [0.25, 0.3) is 11.0 Å². The maximum absolute atomic E-state index is 13.0. The van der Waals surface area contributed by atoms with Crippen molar-refractivity contribution in [3.63, 3.8) is 0 Å². The van der Waals surface area contributed by atoms with Gasteiger partial charge in [0.25, 0.3) is 11.8 Å². The number of thioether (sulfide) groups is 1. The number of carboxylic acids is 1. The van der Waals surface area contributed by atoms with Gasteiger partial charge in [-0.25, -0.2) is 9.36 Å². The lowest BCUT2D eigenvalue weighted by atomic mass is 10.0. The normalized spacial score (nSPS) is 23.8. The van der Waals surface area contributed by atoms with Gasteiger partial charge in [-0.3, -0.25) is 25.1 Å². The van der Waals surface area contributed by atoms with E-state index in [1.54, 1.807) is 18.5 Å². The van der Waals surface area contributed by atoms with E-state index in [4.69, 9.17) is 19.7 Å². The summed E-state index contributed by atoms with van der Waals surface area (Å²) < 4.78 is 12.2. The third-order valence-corrected chi connectivity index (χ3v) is 7.04. The molecule has 0 radical (unpaired) electrons. The molecule has 2 aromatic rings. The SMILES string of the molecule is CON=C(C(=O)NC1C(=O)N2C(C(=O)O)=C(C[n+]3ccc4occc4c3)CS[C@@H]12)N1C=COC1N. The number of ether oxygens (including phenoxy) is 1. The minimum absolute atomic E-state index is 0.0762. The van der Waals surface area contributed by atoms with Crippen LogP contribution in [0.2, 0.25) is 0 Å². The average Bonchev–Trinajstić information content (AvgIpc) is 3.48. The van der Waals surface area contributed by atoms with Crippen molar-refractivity contribution in [2.75, 3.05) is 12.9 Å². The molecule has 5 heterocycles. The molecule has 3 aliphatic rings. The highest BCUT2D eigenvalue weighted by Crippen LogP contribution is 2.40. The summed E-state index contributed by atoms with van der Waals surface area (Å²) in [6.45, 7) is 0.285. The number of nitrogens with zero attached hydrogens (tertiary/aromatic N) is 4. The number of hydrogen-bond donors (Lipinski definition) is 3. The van der Waals surface area contributed by atoms with Crippen LogP contribution in [0.4, 0.5) is 0 Å². The topological polar surface area (TPSA) is 164 Å². The number of furan rings is 1. The Morgan fingerprint density at radius 2 is 2.26 bits per heavy atom. The van der Waals surface area contributed by atoms with Crippen LogP contribution < -0.4 is 15.6 Å². The monoisotopic (exact) mass is 501 g/mol. The number of hydrogen-bond acceptors (Lipinski definition) is 9. The van der Waals surface area contributed by atoms with Crippen molar-refractivity contribution < 1.29 is 38.0 Å². The summed E-state index contributed by atoms with van der Waals surface area (Å²) in [6.07, 6.45) is 6.94. The molecule has 35 heavy (non-hydrogen) atoms. The van der Waals surface area contributed by atoms with Gasteiger partial charge in [0.15, 0.2) is 18.9 Å². The van der Waals surface area contributed by atoms with E-state index < -0.39 is 35.6 Å². The van der Waals surface area contributed by atoms with Crippen molar-refractivity contribution in [1.29, 1.82) is 0 Å². The van der Waals surface area contributed by atoms with Crippen molar-refractivity contribution in [3.8, 4) is 0 Å². The van der Waals surface area contributed by atoms with Gasteiger partial charge in [0, 0.05) is 23.6 Å². The molecule has 1 saturated heterocycles. The summed E-state index contributed by atoms with van der Waals surface area (Å²) in [6, 6.07) is 2.67. The van der Waals surface area contributed by atoms with E-state index in [1.165, 1.54) is 41.1 Å². The number of nitrogens with two attached hydrogens (primary N) is 1. The van der Waals surface area contributed by atoms with Gasteiger partial charge >= 0.3 is 5.97 Å². The Hall–Kier alpha value is -4.04. The maximum atomic E-state index is 13.0. The number of aliphatic carboxylic acids is 1. The first-order valence-electron chi connectivity index (χ1n) is 10.4. The number of amides is 2. The Bertz CT molecular complexity index is 1300. The minimum Gasteiger partial charge on any atom is -0.477 e. The van der Waals surface area contributed by atoms with Crippen molar-refractivity contribution in [2.45, 2.75) is 24.3 Å². The molecule has 0 bridgehead atoms. The number of oxime groups is 1. The zero-order valence-electron chi connectivity index (χ0n) is 18.4. The fraction of sp³-hybridized carbons (Fsp3) is 0.286. The van der Waals surface area contributed by atoms with Gasteiger partial charge in [-0.2, -0.15) is 0 Å². The Kier molecular flexibility index (Phi) is 5.82. The molecule has 3 aliphatic heterocycles. The van der Waals surface area contributed by atoms with Crippen LogP contribution in [0.1, 0.15) is 0 Å². The summed E-state index contributed by atoms with van der Waals surface area (Å²) in [4.78, 5) is 45.2. The standard InChI is InChI=1S/C21H20N6O7S/c1-32-24-16(26-5-7-34-21(26)22)17(28)23-14-18(29)27-15(20(30)31)12(10-35-19(14)27)9-25-4-2-13-11(8-25)3-6-33-13/h2-8,14,19,21H,9-10,22H2,1H3,(H-,23,28,30,31)/p+1/t14?,19-,21?/m0/s1. The Labute approximate surface area is 202 Å². The first kappa shape index (κ1) is 22.7. The van der Waals surface area contributed by atoms with Crippen molar-refractivity contribution in [2.24, 2.45) is 10.9 Å². The summed E-state index contributed by atoms with van der Waals surface area (Å²) in [5, 5.41) is 16.5. The van der Waals surface area contributed by atoms with Crippen LogP contribution in [-0.4, -0.2) is 69.2 Å². The van der Waals surface area contributed by atoms with Crippen LogP contribution in [0.3, 0.4) is 0 Å². The number of aromatic nitrogens is 1. The van der Waals surface area contributed by atoms with Crippen molar-refractivity contribution >= 4 is 46.4 Å². The summed E-state index contributed by atoms with van der Waals surface area (Å²) in [5.41, 5.74) is 7.00. The zero-order valence-corrected chi connectivity index (χ0v) is 19.2. The molecule has 13 nitrogen and oxygen atoms in total. The third-order valence-electron chi connectivity index (χ3n) is 5.70. The van der Waals surface area contributed by atoms with E-state index in [0.29, 0.717) is 11.3 Å². The first-order chi connectivity index (χ1) is 16.9. The van der Waals surface area contributed by atoms with Crippen molar-refractivity contribution in [3.05, 3.63) is 54.5 Å². The molecule has 2 amide bonds. The second-order valence-corrected chi connectivity index (χ2v) is 8.90. The second kappa shape index (κ2) is 8.96. The molecule has 182 valence electrons. The van der Waals surface area contributed by atoms with Crippen LogP contribution in [0.15, 0.2) is 64.1 Å². The largest absolute Gasteiger partial charge is 0.477 e. The zero-order chi connectivity index (χ0) is 24.7. The number of pyridine rings is 1. The molecule has 0 aromatic carbocycles. The van der Waals surface area contributed by atoms with Gasteiger partial charge in [-0.05, 0) is 6.07 Å². The van der Waals surface area contributed by atoms with Crippen molar-refractivity contribution in [1.82, 2.24) is 15.1 Å². The van der Waals surface area contributed by atoms with Crippen LogP contribution in [0.5, 0.6) is 0 Å². The third kappa shape index (κ3) is 3.95. The molecule has 14 heteroatoms. The predicted octanol–water partition coefficient (Wildman–Crippen LogP) is -0.535. The number of β-lactam (4-membered cyclic amide) rings is 1. The summed E-state index contributed by atoms with van der Waals surface area (Å²) >= 11 is 1.37. The Morgan fingerprint density at radius 3 is 2.97 bits per heavy atom. The molecule has 0 aliphatic carbocycles. The van der Waals surface area contributed by atoms with Gasteiger partial charge in [-0.1, -0.05) is 5.16 Å². The lowest BCUT2D eigenvalue weighted by Gasteiger charge is -2.49. The highest BCUT2D eigenvalue weighted by atomic mass is 32.2. The fourth-order valence-corrected chi connectivity index (χ4v) is 5.44. The number of amidine groups is 1. The van der Waals surface area contributed by atoms with E-state index in [2.05, 4.69) is 10.5 Å². The molecule has 3 atom stereocenters. The smallest absolute Gasteiger partial charge is 0.352 e. The molecule has 2 aromatic heterocycles. The number of carbonyl (C=O) groups excluding carboxylic acids is 2. The predicted molar refractivity (Wildman–Crippen MR) is 121 cm³/mol. The first-order valence-corrected chi connectivity index (χ1v) is 11.5. The molecule has 0 spiro atoms. The Balaban J connectivity index is 1.34. The van der Waals surface area contributed by atoms with Crippen LogP contribution in [-0.2, 0) is 30.5 Å². The quantitative estimate of drug-likeness (QED) is 0.159. The molecule has 1 fully saturated rings. The molecule has 2 unspecified atom stereocenters. The number of nitrogens with one attached hydrogen (secondary N) is 1. The Morgan fingerprint density at radius 1 is 1.43 bits per heavy atom. The van der Waals surface area contributed by atoms with Crippen LogP contribution in [0, 0.1) is 0 Å². The van der Waals surface area contributed by atoms with E-state index in [9.17, 15) is 19.5 Å². The van der Waals surface area contributed by atoms with E-state index in [1.807, 2.05) is 16.8 Å². The lowest BCUT2D eigenvalue weighted by molar-refractivity contribution is -0.687. The summed E-state index contributed by atoms with van der Waals surface area (Å²) in [7, 11) is 1.26. The highest BCUT2D eigenvalue weighted by molar-refractivity contribution is 8.00. The molecule has 4 N–H and O–H groups in total. The van der Waals surface area contributed by atoms with Gasteiger partial charge in [0.1, 0.15) is 36.1 Å². The fourth-order valence-electron chi connectivity index (χ4n) is 4.10. The number of carbonyl (C=O) groups is 3. The van der Waals surface area contributed by atoms with E-state index >= 15 is 0 Å². The highest BCUT2D eigenvalue weighted by Gasteiger charge is 2.55. The number of rotatable bonds is 5. The summed E-state index contributed by atoms with van der Waals surface area (Å²) in [5.74, 6) is -2.30. The number of carboxylic acid groups (broad SMARTS) is 1. The van der Waals surface area contributed by atoms with E-state index in [-0.39, 0.29) is 18.1 Å². The maximum Gasteiger partial charge on any atom is 0.352 e. The molecule has 5 rings (SSSR count). The average molecular weight is 502 g/mol. The van der Waals surface area contributed by atoms with Gasteiger partial charge in [-0.15, -0.1) is 11.8 Å². The van der Waals surface area contributed by atoms with Gasteiger partial charge in [0.2, 0.25) is 12.2 Å². The number of fused-ring (bicyclic) bond motifs is 2. The molecular formula is C21H21N6O7S+. The second-order valence-electron chi connectivity index (χ2n) is 7.79.